The molecule has 0 aliphatic carbocycles. The zero-order chi connectivity index (χ0) is 41.9. The van der Waals surface area contributed by atoms with Gasteiger partial charge in [-0.25, -0.2) is 4.98 Å². The van der Waals surface area contributed by atoms with Crippen molar-refractivity contribution in [2.45, 2.75) is 85.5 Å². The van der Waals surface area contributed by atoms with Gasteiger partial charge in [0.15, 0.2) is 0 Å². The Labute approximate surface area is 370 Å². The number of aryl methyl sites for hydroxylation is 1. The summed E-state index contributed by atoms with van der Waals surface area (Å²) < 4.78 is 2.25. The first kappa shape index (κ1) is 42.5. The van der Waals surface area contributed by atoms with Gasteiger partial charge in [0.2, 0.25) is 0 Å². The van der Waals surface area contributed by atoms with Crippen molar-refractivity contribution < 1.29 is 26.2 Å². The van der Waals surface area contributed by atoms with Crippen LogP contribution < -0.4 is 0 Å². The molecule has 8 rings (SSSR count). The molecule has 0 radical (unpaired) electrons. The number of benzene rings is 6. The van der Waals surface area contributed by atoms with Gasteiger partial charge in [-0.15, -0.1) is 29.3 Å². The summed E-state index contributed by atoms with van der Waals surface area (Å²) in [6, 6.07) is 50.8. The summed E-state index contributed by atoms with van der Waals surface area (Å²) in [5.74, 6) is 0.848. The van der Waals surface area contributed by atoms with Crippen LogP contribution in [0.15, 0.2) is 140 Å². The van der Waals surface area contributed by atoms with E-state index in [0.29, 0.717) is 11.4 Å². The standard InChI is InChI=1S/C55H54N3O.Pt/c1-35-18-20-36(21-19-35)38-28-29-56-47(33-38)40-30-39(31-43(32-40)55(8,9)10)45-15-13-16-48-51(45)57-52(46-14-11-12-17-50(46)59)58(48)49-34-42(54(5,6)7)26-27-44(49)37-22-24-41(25-23-37)53(2,3)4;/h11-29,31-34,59H,1-10H3;/q-1;. The minimum Gasteiger partial charge on any atom is -0.507 e. The van der Waals surface area contributed by atoms with Crippen molar-refractivity contribution in [3.8, 4) is 67.5 Å². The van der Waals surface area contributed by atoms with Crippen LogP contribution in [-0.4, -0.2) is 19.6 Å². The molecular formula is C55H54N3OPt-. The number of phenolic OH excluding ortho intramolecular Hbond substituents is 1. The van der Waals surface area contributed by atoms with Crippen LogP contribution in [0.25, 0.3) is 72.7 Å². The first-order valence-corrected chi connectivity index (χ1v) is 20.6. The number of aromatic nitrogens is 3. The smallest absolute Gasteiger partial charge is 0.148 e. The second-order valence-electron chi connectivity index (χ2n) is 19.0. The number of hydrogen-bond acceptors (Lipinski definition) is 3. The van der Waals surface area contributed by atoms with Crippen molar-refractivity contribution >= 4 is 11.0 Å². The van der Waals surface area contributed by atoms with Crippen molar-refractivity contribution in [2.24, 2.45) is 0 Å². The van der Waals surface area contributed by atoms with E-state index >= 15 is 0 Å². The number of hydrogen-bond donors (Lipinski definition) is 1. The van der Waals surface area contributed by atoms with Crippen molar-refractivity contribution in [2.75, 3.05) is 0 Å². The van der Waals surface area contributed by atoms with Crippen LogP contribution in [0.2, 0.25) is 0 Å². The van der Waals surface area contributed by atoms with E-state index in [1.165, 1.54) is 22.3 Å². The van der Waals surface area contributed by atoms with Crippen LogP contribution in [0.3, 0.4) is 0 Å². The number of imidazole rings is 1. The average molecular weight is 968 g/mol. The van der Waals surface area contributed by atoms with E-state index in [2.05, 4.69) is 189 Å². The normalized spacial score (nSPS) is 12.1. The molecule has 60 heavy (non-hydrogen) atoms. The summed E-state index contributed by atoms with van der Waals surface area (Å²) in [7, 11) is 0. The minimum atomic E-state index is -0.147. The van der Waals surface area contributed by atoms with Gasteiger partial charge in [0.25, 0.3) is 0 Å². The van der Waals surface area contributed by atoms with Crippen LogP contribution in [-0.2, 0) is 37.3 Å². The van der Waals surface area contributed by atoms with E-state index in [4.69, 9.17) is 9.97 Å². The molecule has 2 aromatic heterocycles. The van der Waals surface area contributed by atoms with Gasteiger partial charge in [0.1, 0.15) is 11.6 Å². The number of para-hydroxylation sites is 2. The second kappa shape index (κ2) is 16.1. The van der Waals surface area contributed by atoms with Gasteiger partial charge in [0, 0.05) is 38.5 Å². The topological polar surface area (TPSA) is 50.9 Å². The maximum absolute atomic E-state index is 11.5. The van der Waals surface area contributed by atoms with E-state index in [1.54, 1.807) is 6.07 Å². The molecule has 0 amide bonds. The third-order valence-electron chi connectivity index (χ3n) is 11.4. The molecule has 306 valence electrons. The van der Waals surface area contributed by atoms with Gasteiger partial charge < -0.3 is 5.11 Å². The molecular weight excluding hydrogens is 914 g/mol. The van der Waals surface area contributed by atoms with Gasteiger partial charge in [-0.05, 0) is 81.3 Å². The zero-order valence-electron chi connectivity index (χ0n) is 36.4. The molecule has 0 spiro atoms. The first-order valence-electron chi connectivity index (χ1n) is 20.6. The fourth-order valence-corrected chi connectivity index (χ4v) is 7.77. The van der Waals surface area contributed by atoms with E-state index in [0.717, 1.165) is 61.4 Å². The molecule has 0 aliphatic rings. The largest absolute Gasteiger partial charge is 0.507 e. The van der Waals surface area contributed by atoms with Gasteiger partial charge in [-0.2, -0.15) is 0 Å². The van der Waals surface area contributed by atoms with Crippen LogP contribution in [0, 0.1) is 13.0 Å². The quantitative estimate of drug-likeness (QED) is 0.169. The molecule has 8 aromatic rings. The molecule has 2 heterocycles. The Morgan fingerprint density at radius 3 is 1.82 bits per heavy atom. The zero-order valence-corrected chi connectivity index (χ0v) is 38.7. The molecule has 0 saturated heterocycles. The van der Waals surface area contributed by atoms with E-state index in [9.17, 15) is 5.11 Å². The molecule has 0 fully saturated rings. The number of phenols is 1. The predicted molar refractivity (Wildman–Crippen MR) is 247 cm³/mol. The third-order valence-corrected chi connectivity index (χ3v) is 11.4. The number of aromatic hydroxyl groups is 1. The van der Waals surface area contributed by atoms with Crippen LogP contribution >= 0.6 is 0 Å². The summed E-state index contributed by atoms with van der Waals surface area (Å²) in [5.41, 5.74) is 16.3. The van der Waals surface area contributed by atoms with E-state index in [1.807, 2.05) is 24.4 Å². The number of pyridine rings is 1. The summed E-state index contributed by atoms with van der Waals surface area (Å²) >= 11 is 0. The maximum Gasteiger partial charge on any atom is 0.148 e. The Bertz CT molecular complexity index is 2830. The monoisotopic (exact) mass is 967 g/mol. The van der Waals surface area contributed by atoms with Crippen LogP contribution in [0.5, 0.6) is 5.75 Å². The molecule has 4 nitrogen and oxygen atoms in total. The van der Waals surface area contributed by atoms with Gasteiger partial charge in [-0.3, -0.25) is 9.55 Å². The predicted octanol–water partition coefficient (Wildman–Crippen LogP) is 14.5. The van der Waals surface area contributed by atoms with Gasteiger partial charge in [0.05, 0.1) is 22.3 Å². The Morgan fingerprint density at radius 1 is 0.533 bits per heavy atom. The minimum absolute atomic E-state index is 0. The Balaban J connectivity index is 0.00000544. The summed E-state index contributed by atoms with van der Waals surface area (Å²) in [5, 5.41) is 11.5. The molecule has 0 unspecified atom stereocenters. The summed E-state index contributed by atoms with van der Waals surface area (Å²) in [6.45, 7) is 22.3. The van der Waals surface area contributed by atoms with Crippen LogP contribution in [0.1, 0.15) is 84.6 Å². The van der Waals surface area contributed by atoms with Crippen molar-refractivity contribution in [1.82, 2.24) is 14.5 Å². The molecule has 0 atom stereocenters. The molecule has 0 saturated carbocycles. The second-order valence-corrected chi connectivity index (χ2v) is 19.0. The molecule has 0 aliphatic heterocycles. The summed E-state index contributed by atoms with van der Waals surface area (Å²) in [4.78, 5) is 10.4. The number of nitrogens with zero attached hydrogens (tertiary/aromatic N) is 3. The maximum atomic E-state index is 11.5. The molecule has 1 N–H and O–H groups in total. The fourth-order valence-electron chi connectivity index (χ4n) is 7.77. The Morgan fingerprint density at radius 2 is 1.15 bits per heavy atom. The molecule has 0 bridgehead atoms. The third kappa shape index (κ3) is 8.41. The van der Waals surface area contributed by atoms with Gasteiger partial charge >= 0.3 is 0 Å². The van der Waals surface area contributed by atoms with Crippen molar-refractivity contribution in [1.29, 1.82) is 0 Å². The van der Waals surface area contributed by atoms with Crippen LogP contribution in [0.4, 0.5) is 0 Å². The SMILES string of the molecule is Cc1ccc(-c2ccnc(-c3[c-]c(-c4cccc5c4nc(-c4ccccc4O)n5-c4cc(C(C)(C)C)ccc4-c4ccc(C(C)(C)C)cc4)cc(C(C)(C)C)c3)c2)cc1.[Pt]. The van der Waals surface area contributed by atoms with E-state index < -0.39 is 0 Å². The summed E-state index contributed by atoms with van der Waals surface area (Å²) in [6.07, 6.45) is 1.89. The Kier molecular flexibility index (Phi) is 11.4. The molecule has 5 heteroatoms. The Hall–Kier alpha value is -5.57. The van der Waals surface area contributed by atoms with Gasteiger partial charge in [-0.1, -0.05) is 170 Å². The van der Waals surface area contributed by atoms with Crippen molar-refractivity contribution in [3.63, 3.8) is 0 Å². The van der Waals surface area contributed by atoms with E-state index in [-0.39, 0.29) is 43.1 Å². The molecule has 6 aromatic carbocycles. The average Bonchev–Trinajstić information content (AvgIpc) is 3.59. The number of rotatable bonds is 6. The first-order chi connectivity index (χ1) is 28.0. The fraction of sp³-hybridized carbons (Fsp3) is 0.236. The number of fused-ring (bicyclic) bond motifs is 1. The van der Waals surface area contributed by atoms with Crippen molar-refractivity contribution in [3.05, 3.63) is 168 Å².